The van der Waals surface area contributed by atoms with Crippen LogP contribution in [0.25, 0.3) is 261 Å². The number of rotatable bonds is 10. The van der Waals surface area contributed by atoms with Crippen molar-refractivity contribution < 1.29 is 4.42 Å². The zero-order valence-electron chi connectivity index (χ0n) is 68.2. The van der Waals surface area contributed by atoms with Gasteiger partial charge in [-0.15, -0.1) is 34.0 Å². The lowest BCUT2D eigenvalue weighted by Crippen LogP contribution is -2.00. The summed E-state index contributed by atoms with van der Waals surface area (Å²) in [5.41, 5.74) is 21.2. The maximum atomic E-state index is 6.48. The van der Waals surface area contributed by atoms with Gasteiger partial charge in [0, 0.05) is 160 Å². The average molecular weight is 1690 g/mol. The fraction of sp³-hybridized carbons (Fsp3) is 0. The molecule has 0 radical (unpaired) electrons. The van der Waals surface area contributed by atoms with E-state index in [1.54, 1.807) is 0 Å². The molecular formula is C114H66N10OS3. The van der Waals surface area contributed by atoms with E-state index in [0.29, 0.717) is 34.9 Å². The van der Waals surface area contributed by atoms with Crippen LogP contribution in [0, 0.1) is 0 Å². The van der Waals surface area contributed by atoms with Gasteiger partial charge in [0.25, 0.3) is 0 Å². The van der Waals surface area contributed by atoms with E-state index in [0.717, 1.165) is 93.8 Å². The molecule has 28 aromatic rings. The number of hydrogen-bond donors (Lipinski definition) is 0. The number of para-hydroxylation sites is 4. The summed E-state index contributed by atoms with van der Waals surface area (Å²) in [6.07, 6.45) is 0. The van der Waals surface area contributed by atoms with Crippen molar-refractivity contribution in [3.05, 3.63) is 400 Å². The first kappa shape index (κ1) is 72.1. The number of thiophene rings is 3. The molecule has 0 aliphatic rings. The third-order valence-electron chi connectivity index (χ3n) is 25.5. The Bertz CT molecular complexity index is 9370. The van der Waals surface area contributed by atoms with E-state index in [9.17, 15) is 0 Å². The van der Waals surface area contributed by atoms with Gasteiger partial charge in [-0.2, -0.15) is 0 Å². The van der Waals surface area contributed by atoms with Crippen LogP contribution in [0.4, 0.5) is 0 Å². The van der Waals surface area contributed by atoms with Gasteiger partial charge in [0.15, 0.2) is 34.9 Å². The molecule has 0 bridgehead atoms. The highest BCUT2D eigenvalue weighted by atomic mass is 32.1. The fourth-order valence-corrected chi connectivity index (χ4v) is 23.7. The molecule has 0 saturated heterocycles. The zero-order chi connectivity index (χ0) is 83.8. The summed E-state index contributed by atoms with van der Waals surface area (Å²) >= 11 is 5.59. The minimum Gasteiger partial charge on any atom is -0.456 e. The van der Waals surface area contributed by atoms with Crippen molar-refractivity contribution in [1.82, 2.24) is 48.2 Å². The molecule has 10 heterocycles. The van der Waals surface area contributed by atoms with E-state index in [1.807, 2.05) is 143 Å². The largest absolute Gasteiger partial charge is 0.456 e. The van der Waals surface area contributed by atoms with Crippen LogP contribution in [0.2, 0.25) is 0 Å². The van der Waals surface area contributed by atoms with Gasteiger partial charge < -0.3 is 22.7 Å². The highest BCUT2D eigenvalue weighted by molar-refractivity contribution is 7.27. The number of furan rings is 1. The lowest BCUT2D eigenvalue weighted by molar-refractivity contribution is 0.669. The summed E-state index contributed by atoms with van der Waals surface area (Å²) < 4.78 is 23.9. The summed E-state index contributed by atoms with van der Waals surface area (Å²) in [5.74, 6) is 3.84. The smallest absolute Gasteiger partial charge is 0.165 e. The van der Waals surface area contributed by atoms with E-state index in [1.165, 1.54) is 132 Å². The van der Waals surface area contributed by atoms with Crippen LogP contribution in [0.5, 0.6) is 0 Å². The minimum atomic E-state index is 0.606. The molecule has 0 saturated carbocycles. The maximum Gasteiger partial charge on any atom is 0.165 e. The first-order valence-electron chi connectivity index (χ1n) is 42.9. The Morgan fingerprint density at radius 2 is 0.523 bits per heavy atom. The number of benzene rings is 18. The molecule has 0 spiro atoms. The first-order chi connectivity index (χ1) is 63.5. The Hall–Kier alpha value is -16.4. The van der Waals surface area contributed by atoms with Crippen molar-refractivity contribution in [2.75, 3.05) is 0 Å². The maximum absolute atomic E-state index is 6.48. The van der Waals surface area contributed by atoms with Gasteiger partial charge in [0.2, 0.25) is 0 Å². The van der Waals surface area contributed by atoms with Crippen molar-refractivity contribution in [3.8, 4) is 91.1 Å². The van der Waals surface area contributed by atoms with Crippen molar-refractivity contribution in [1.29, 1.82) is 0 Å². The second-order valence-corrected chi connectivity index (χ2v) is 35.8. The van der Waals surface area contributed by atoms with E-state index in [-0.39, 0.29) is 0 Å². The molecule has 0 amide bonds. The van der Waals surface area contributed by atoms with Gasteiger partial charge in [-0.25, -0.2) is 29.9 Å². The molecule has 0 unspecified atom stereocenters. The number of aromatic nitrogens is 10. The monoisotopic (exact) mass is 1690 g/mol. The predicted molar refractivity (Wildman–Crippen MR) is 536 cm³/mol. The van der Waals surface area contributed by atoms with E-state index < -0.39 is 0 Å². The zero-order valence-corrected chi connectivity index (χ0v) is 70.7. The Labute approximate surface area is 742 Å². The Morgan fingerprint density at radius 1 is 0.188 bits per heavy atom. The molecule has 28 rings (SSSR count). The standard InChI is InChI=1S/C57H33N5OS.C57H33N5S2/c1-3-13-34(14-4-1)55-58-56(35-15-5-2-6-16-35)60-57(59-55)36-23-29-50-44(31-36)45-33-38(25-30-51(45)63-50)61-46-20-10-7-17-39(46)43-32-37(24-27-48(43)61)62-47-21-11-8-19-42(47)53-49(62)28-26-41-40-18-9-12-22-52(40)64-54(41)53;1-3-15-34(16-4-1)55-58-56(35-17-5-2-6-18-35)60-57(59-55)43-24-13-22-39-40-23-14-27-49(53(40)64-52(39)43)62-45-25-10-7-19-37(45)44-33-36(29-31-47(44)62)61-46-26-11-8-21-42(46)51-48(61)32-30-41-38-20-9-12-28-50(38)63-54(41)51/h2*1-33H. The Morgan fingerprint density at radius 3 is 1.02 bits per heavy atom. The van der Waals surface area contributed by atoms with Crippen molar-refractivity contribution in [2.45, 2.75) is 0 Å². The van der Waals surface area contributed by atoms with E-state index in [2.05, 4.69) is 309 Å². The molecule has 0 aliphatic heterocycles. The average Bonchev–Trinajstić information content (AvgIpc) is 1.54. The molecule has 0 N–H and O–H groups in total. The summed E-state index contributed by atoms with van der Waals surface area (Å²) in [7, 11) is 0. The Balaban J connectivity index is 0.000000132. The van der Waals surface area contributed by atoms with Crippen LogP contribution in [0.1, 0.15) is 0 Å². The molecule has 0 aliphatic carbocycles. The molecule has 11 nitrogen and oxygen atoms in total. The number of nitrogens with zero attached hydrogens (tertiary/aromatic N) is 10. The minimum absolute atomic E-state index is 0.606. The van der Waals surface area contributed by atoms with Gasteiger partial charge in [-0.05, 0) is 133 Å². The van der Waals surface area contributed by atoms with Gasteiger partial charge in [-0.1, -0.05) is 267 Å². The van der Waals surface area contributed by atoms with Crippen LogP contribution in [0.3, 0.4) is 0 Å². The molecule has 0 atom stereocenters. The quantitative estimate of drug-likeness (QED) is 0.134. The lowest BCUT2D eigenvalue weighted by atomic mass is 10.1. The number of hydrogen-bond acceptors (Lipinski definition) is 10. The highest BCUT2D eigenvalue weighted by Gasteiger charge is 2.27. The van der Waals surface area contributed by atoms with Crippen LogP contribution >= 0.6 is 34.0 Å². The van der Waals surface area contributed by atoms with Gasteiger partial charge in [0.1, 0.15) is 11.2 Å². The topological polar surface area (TPSA) is 110 Å². The third-order valence-corrected chi connectivity index (χ3v) is 29.2. The van der Waals surface area contributed by atoms with Gasteiger partial charge in [-0.3, -0.25) is 0 Å². The molecule has 10 aromatic heterocycles. The van der Waals surface area contributed by atoms with E-state index >= 15 is 0 Å². The van der Waals surface area contributed by atoms with E-state index in [4.69, 9.17) is 34.3 Å². The normalized spacial score (nSPS) is 12.1. The molecule has 14 heteroatoms. The predicted octanol–water partition coefficient (Wildman–Crippen LogP) is 31.1. The molecule has 596 valence electrons. The van der Waals surface area contributed by atoms with Gasteiger partial charge >= 0.3 is 0 Å². The van der Waals surface area contributed by atoms with Crippen molar-refractivity contribution in [3.63, 3.8) is 0 Å². The molecule has 0 fully saturated rings. The SMILES string of the molecule is c1ccc(-c2nc(-c3ccccc3)nc(-c3ccc4oc5ccc(-n6c7ccccc7c7cc(-n8c9ccccc9c9c%10sc%11ccccc%11c%10ccc98)ccc76)cc5c4c3)n2)cc1.c1ccc(-c2nc(-c3ccccc3)nc(-c3cccc4c3sc3c(-n5c6ccccc6c6cc(-n7c8ccccc8c8c9sc%10ccccc%10c9ccc87)ccc65)cccc34)n2)cc1. The summed E-state index contributed by atoms with van der Waals surface area (Å²) in [6, 6.07) is 143. The fourth-order valence-electron chi connectivity index (χ4n) is 19.8. The van der Waals surface area contributed by atoms with Crippen LogP contribution < -0.4 is 0 Å². The van der Waals surface area contributed by atoms with Crippen LogP contribution in [0.15, 0.2) is 405 Å². The van der Waals surface area contributed by atoms with Crippen LogP contribution in [-0.2, 0) is 0 Å². The second-order valence-electron chi connectivity index (χ2n) is 32.7. The summed E-state index contributed by atoms with van der Waals surface area (Å²) in [5, 5.41) is 19.7. The summed E-state index contributed by atoms with van der Waals surface area (Å²) in [4.78, 5) is 30.2. The lowest BCUT2D eigenvalue weighted by Gasteiger charge is -2.11. The first-order valence-corrected chi connectivity index (χ1v) is 45.3. The summed E-state index contributed by atoms with van der Waals surface area (Å²) in [6.45, 7) is 0. The second kappa shape index (κ2) is 28.6. The highest BCUT2D eigenvalue weighted by Crippen LogP contribution is 2.50. The van der Waals surface area contributed by atoms with Crippen molar-refractivity contribution in [2.24, 2.45) is 0 Å². The van der Waals surface area contributed by atoms with Gasteiger partial charge in [0.05, 0.1) is 54.5 Å². The van der Waals surface area contributed by atoms with Crippen LogP contribution in [-0.4, -0.2) is 48.2 Å². The van der Waals surface area contributed by atoms with Crippen molar-refractivity contribution >= 4 is 204 Å². The molecule has 128 heavy (non-hydrogen) atoms. The third kappa shape index (κ3) is 11.2. The molecule has 18 aromatic carbocycles. The Kier molecular flexibility index (Phi) is 16.1. The molecular weight excluding hydrogens is 1620 g/mol. The number of fused-ring (bicyclic) bond motifs is 26.